The van der Waals surface area contributed by atoms with E-state index in [0.29, 0.717) is 24.4 Å². The first kappa shape index (κ1) is 19.4. The molecule has 3 heterocycles. The maximum atomic E-state index is 12.5. The number of aryl methyl sites for hydroxylation is 4. The maximum absolute atomic E-state index is 12.5. The molecule has 0 bridgehead atoms. The molecule has 7 heteroatoms. The van der Waals surface area contributed by atoms with Gasteiger partial charge >= 0.3 is 0 Å². The van der Waals surface area contributed by atoms with E-state index in [1.54, 1.807) is 0 Å². The number of carbonyl (C=O) groups excluding carboxylic acids is 1. The molecule has 1 aliphatic heterocycles. The average molecular weight is 393 g/mol. The minimum absolute atomic E-state index is 0.0473. The number of carbonyl (C=O) groups is 1. The maximum Gasteiger partial charge on any atom is 0.263 e. The van der Waals surface area contributed by atoms with Crippen molar-refractivity contribution in [3.8, 4) is 0 Å². The predicted molar refractivity (Wildman–Crippen MR) is 113 cm³/mol. The van der Waals surface area contributed by atoms with E-state index in [-0.39, 0.29) is 5.91 Å². The second-order valence-electron chi connectivity index (χ2n) is 7.83. The lowest BCUT2D eigenvalue weighted by Gasteiger charge is -2.28. The fourth-order valence-electron chi connectivity index (χ4n) is 3.85. The van der Waals surface area contributed by atoms with Crippen LogP contribution in [0.2, 0.25) is 0 Å². The summed E-state index contributed by atoms with van der Waals surface area (Å²) in [5.41, 5.74) is 4.38. The largest absolute Gasteiger partial charge is 0.356 e. The predicted octanol–water partition coefficient (Wildman–Crippen LogP) is 4.10. The van der Waals surface area contributed by atoms with Crippen LogP contribution in [-0.2, 0) is 11.2 Å². The van der Waals surface area contributed by atoms with Crippen LogP contribution in [-0.4, -0.2) is 34.1 Å². The number of rotatable bonds is 5. The minimum atomic E-state index is -0.0473. The molecule has 1 aromatic carbocycles. The Morgan fingerprint density at radius 3 is 2.69 bits per heavy atom. The van der Waals surface area contributed by atoms with Crippen LogP contribution in [0.15, 0.2) is 22.7 Å². The summed E-state index contributed by atoms with van der Waals surface area (Å²) < 4.78 is 5.42. The molecule has 1 amide bonds. The molecule has 2 aromatic heterocycles. The van der Waals surface area contributed by atoms with Crippen LogP contribution in [0.1, 0.15) is 48.3 Å². The zero-order valence-corrected chi connectivity index (χ0v) is 17.3. The van der Waals surface area contributed by atoms with E-state index in [2.05, 4.69) is 26.4 Å². The van der Waals surface area contributed by atoms with E-state index < -0.39 is 0 Å². The van der Waals surface area contributed by atoms with Crippen LogP contribution >= 0.6 is 0 Å². The van der Waals surface area contributed by atoms with Gasteiger partial charge in [-0.2, -0.15) is 4.98 Å². The first-order valence-electron chi connectivity index (χ1n) is 10.3. The molecule has 1 saturated heterocycles. The van der Waals surface area contributed by atoms with Gasteiger partial charge in [0.1, 0.15) is 17.0 Å². The summed E-state index contributed by atoms with van der Waals surface area (Å²) in [6.07, 6.45) is 4.32. The van der Waals surface area contributed by atoms with E-state index in [0.717, 1.165) is 54.1 Å². The first-order chi connectivity index (χ1) is 14.0. The molecule has 0 atom stereocenters. The number of fused-ring (bicyclic) bond motifs is 1. The van der Waals surface area contributed by atoms with Crippen LogP contribution in [0.25, 0.3) is 11.1 Å². The van der Waals surface area contributed by atoms with Gasteiger partial charge in [-0.15, -0.1) is 0 Å². The molecule has 29 heavy (non-hydrogen) atoms. The second kappa shape index (κ2) is 8.19. The fourth-order valence-corrected chi connectivity index (χ4v) is 3.85. The summed E-state index contributed by atoms with van der Waals surface area (Å²) in [7, 11) is 0. The lowest BCUT2D eigenvalue weighted by molar-refractivity contribution is -0.116. The number of hydrogen-bond acceptors (Lipinski definition) is 6. The van der Waals surface area contributed by atoms with Crippen molar-refractivity contribution in [3.05, 3.63) is 40.8 Å². The van der Waals surface area contributed by atoms with Crippen LogP contribution in [0.5, 0.6) is 0 Å². The molecule has 0 aliphatic carbocycles. The molecule has 1 aliphatic rings. The third kappa shape index (κ3) is 4.23. The Balaban J connectivity index is 1.51. The molecule has 0 spiro atoms. The van der Waals surface area contributed by atoms with Crippen molar-refractivity contribution in [2.75, 3.05) is 23.3 Å². The highest BCUT2D eigenvalue weighted by molar-refractivity contribution is 5.92. The molecule has 0 unspecified atom stereocenters. The highest BCUT2D eigenvalue weighted by atomic mass is 16.5. The number of hydrogen-bond donors (Lipinski definition) is 1. The first-order valence-corrected chi connectivity index (χ1v) is 10.3. The molecule has 1 N–H and O–H groups in total. The molecular weight excluding hydrogens is 366 g/mol. The zero-order chi connectivity index (χ0) is 20.4. The van der Waals surface area contributed by atoms with Crippen LogP contribution < -0.4 is 10.2 Å². The molecule has 4 rings (SSSR count). The zero-order valence-electron chi connectivity index (χ0n) is 17.3. The monoisotopic (exact) mass is 393 g/mol. The third-order valence-corrected chi connectivity index (χ3v) is 5.42. The van der Waals surface area contributed by atoms with E-state index in [9.17, 15) is 4.79 Å². The number of piperidine rings is 1. The van der Waals surface area contributed by atoms with E-state index in [4.69, 9.17) is 9.51 Å². The van der Waals surface area contributed by atoms with Gasteiger partial charge in [-0.05, 0) is 51.7 Å². The SMILES string of the molecule is Cc1ccc(NC(=O)CCc2nc(N3CCCCC3)c3c(C)noc3n2)c(C)c1. The van der Waals surface area contributed by atoms with Gasteiger partial charge in [-0.25, -0.2) is 4.98 Å². The van der Waals surface area contributed by atoms with Crippen molar-refractivity contribution >= 4 is 28.5 Å². The third-order valence-electron chi connectivity index (χ3n) is 5.42. The summed E-state index contributed by atoms with van der Waals surface area (Å²) in [5.74, 6) is 1.46. The summed E-state index contributed by atoms with van der Waals surface area (Å²) in [5, 5.41) is 7.95. The summed E-state index contributed by atoms with van der Waals surface area (Å²) in [4.78, 5) is 24.1. The number of anilines is 2. The van der Waals surface area contributed by atoms with Crippen molar-refractivity contribution in [3.63, 3.8) is 0 Å². The van der Waals surface area contributed by atoms with Crippen molar-refractivity contribution in [1.29, 1.82) is 0 Å². The Hall–Kier alpha value is -2.96. The number of amides is 1. The highest BCUT2D eigenvalue weighted by Gasteiger charge is 2.21. The van der Waals surface area contributed by atoms with Gasteiger partial charge in [0.25, 0.3) is 5.71 Å². The van der Waals surface area contributed by atoms with Crippen molar-refractivity contribution in [1.82, 2.24) is 15.1 Å². The Kier molecular flexibility index (Phi) is 5.47. The van der Waals surface area contributed by atoms with E-state index >= 15 is 0 Å². The van der Waals surface area contributed by atoms with Crippen molar-refractivity contribution in [2.45, 2.75) is 52.9 Å². The Bertz CT molecular complexity index is 1040. The molecule has 0 radical (unpaired) electrons. The Labute approximate surface area is 170 Å². The topological polar surface area (TPSA) is 84.2 Å². The lowest BCUT2D eigenvalue weighted by Crippen LogP contribution is -2.30. The molecule has 3 aromatic rings. The quantitative estimate of drug-likeness (QED) is 0.702. The van der Waals surface area contributed by atoms with Gasteiger partial charge in [0.2, 0.25) is 5.91 Å². The molecule has 1 fully saturated rings. The smallest absolute Gasteiger partial charge is 0.263 e. The fraction of sp³-hybridized carbons (Fsp3) is 0.455. The van der Waals surface area contributed by atoms with Gasteiger partial charge in [-0.3, -0.25) is 4.79 Å². The number of aromatic nitrogens is 3. The lowest BCUT2D eigenvalue weighted by atomic mass is 10.1. The minimum Gasteiger partial charge on any atom is -0.356 e. The normalized spacial score (nSPS) is 14.4. The summed E-state index contributed by atoms with van der Waals surface area (Å²) in [6.45, 7) is 7.90. The molecule has 0 saturated carbocycles. The summed E-state index contributed by atoms with van der Waals surface area (Å²) in [6, 6.07) is 6.00. The van der Waals surface area contributed by atoms with Gasteiger partial charge in [0.15, 0.2) is 0 Å². The molecule has 7 nitrogen and oxygen atoms in total. The van der Waals surface area contributed by atoms with Gasteiger partial charge < -0.3 is 14.7 Å². The molecule has 152 valence electrons. The van der Waals surface area contributed by atoms with E-state index in [1.807, 2.05) is 32.9 Å². The van der Waals surface area contributed by atoms with Crippen LogP contribution in [0.4, 0.5) is 11.5 Å². The van der Waals surface area contributed by atoms with Gasteiger partial charge in [-0.1, -0.05) is 22.9 Å². The summed E-state index contributed by atoms with van der Waals surface area (Å²) >= 11 is 0. The van der Waals surface area contributed by atoms with Crippen LogP contribution in [0, 0.1) is 20.8 Å². The number of benzene rings is 1. The van der Waals surface area contributed by atoms with Crippen molar-refractivity contribution in [2.24, 2.45) is 0 Å². The second-order valence-corrected chi connectivity index (χ2v) is 7.83. The Morgan fingerprint density at radius 2 is 1.93 bits per heavy atom. The highest BCUT2D eigenvalue weighted by Crippen LogP contribution is 2.29. The number of nitrogens with zero attached hydrogens (tertiary/aromatic N) is 4. The van der Waals surface area contributed by atoms with Crippen LogP contribution in [0.3, 0.4) is 0 Å². The average Bonchev–Trinajstić information content (AvgIpc) is 3.09. The number of nitrogens with one attached hydrogen (secondary N) is 1. The van der Waals surface area contributed by atoms with Gasteiger partial charge in [0, 0.05) is 31.6 Å². The van der Waals surface area contributed by atoms with Gasteiger partial charge in [0.05, 0.1) is 5.69 Å². The van der Waals surface area contributed by atoms with E-state index in [1.165, 1.54) is 12.0 Å². The standard InChI is InChI=1S/C22H27N5O2/c1-14-7-8-17(15(2)13-14)23-19(28)10-9-18-24-21(27-11-5-4-6-12-27)20-16(3)26-29-22(20)25-18/h7-8,13H,4-6,9-12H2,1-3H3,(H,23,28). The molecular formula is C22H27N5O2. The van der Waals surface area contributed by atoms with Crippen molar-refractivity contribution < 1.29 is 9.32 Å². The Morgan fingerprint density at radius 1 is 1.14 bits per heavy atom.